The topological polar surface area (TPSA) is 36.9 Å². The number of rotatable bonds is 15. The second-order valence-electron chi connectivity index (χ2n) is 10.9. The van der Waals surface area contributed by atoms with Crippen molar-refractivity contribution < 1.29 is 18.8 Å². The molecule has 0 atom stereocenters. The number of ether oxygens (including phenoxy) is 2. The second-order valence-corrected chi connectivity index (χ2v) is 13.2. The van der Waals surface area contributed by atoms with E-state index < -0.39 is 0 Å². The van der Waals surface area contributed by atoms with Crippen LogP contribution in [0.4, 0.5) is 0 Å². The van der Waals surface area contributed by atoms with Gasteiger partial charge in [-0.05, 0) is 78.0 Å². The Morgan fingerprint density at radius 3 is 2.03 bits per heavy atom. The summed E-state index contributed by atoms with van der Waals surface area (Å²) < 4.78 is 25.0. The summed E-state index contributed by atoms with van der Waals surface area (Å²) in [6.07, 6.45) is 8.23. The molecule has 3 rings (SSSR count). The lowest BCUT2D eigenvalue weighted by atomic mass is 9.84. The third-order valence-corrected chi connectivity index (χ3v) is 10.3. The number of hydrogen-bond donors (Lipinski definition) is 0. The Hall–Kier alpha value is -0.695. The van der Waals surface area contributed by atoms with Crippen molar-refractivity contribution in [2.24, 2.45) is 5.41 Å². The molecule has 7 heteroatoms. The fraction of sp³-hybridized carbons (Fsp3) is 0.733. The molecular weight excluding hydrogens is 499 g/mol. The zero-order chi connectivity index (χ0) is 27.5. The van der Waals surface area contributed by atoms with E-state index in [0.29, 0.717) is 0 Å². The highest BCUT2D eigenvalue weighted by atomic mass is 32.1. The summed E-state index contributed by atoms with van der Waals surface area (Å²) >= 11 is 3.70. The molecule has 2 aromatic heterocycles. The molecule has 0 radical (unpaired) electrons. The Morgan fingerprint density at radius 2 is 1.41 bits per heavy atom. The molecule has 0 aromatic carbocycles. The summed E-state index contributed by atoms with van der Waals surface area (Å²) in [5, 5.41) is 0. The van der Waals surface area contributed by atoms with Crippen LogP contribution >= 0.6 is 22.7 Å². The Kier molecular flexibility index (Phi) is 13.3. The molecule has 0 saturated carbocycles. The van der Waals surface area contributed by atoms with Gasteiger partial charge in [0.25, 0.3) is 0 Å². The van der Waals surface area contributed by atoms with Crippen LogP contribution in [-0.2, 0) is 25.2 Å². The third kappa shape index (κ3) is 8.91. The maximum atomic E-state index is 6.22. The molecule has 1 fully saturated rings. The molecule has 0 aliphatic carbocycles. The molecule has 2 aromatic rings. The van der Waals surface area contributed by atoms with E-state index in [1.807, 2.05) is 25.2 Å². The first kappa shape index (κ1) is 32.5. The van der Waals surface area contributed by atoms with Crippen LogP contribution in [0.25, 0.3) is 9.75 Å². The summed E-state index contributed by atoms with van der Waals surface area (Å²) in [6.45, 7) is 19.3. The van der Waals surface area contributed by atoms with E-state index in [1.165, 1.54) is 33.9 Å². The highest BCUT2D eigenvalue weighted by Crippen LogP contribution is 2.38. The van der Waals surface area contributed by atoms with Gasteiger partial charge in [-0.3, -0.25) is 0 Å². The van der Waals surface area contributed by atoms with E-state index in [4.69, 9.17) is 18.8 Å². The summed E-state index contributed by atoms with van der Waals surface area (Å²) in [6, 6.07) is 8.92. The molecule has 0 spiro atoms. The first-order valence-corrected chi connectivity index (χ1v) is 15.9. The van der Waals surface area contributed by atoms with Crippen molar-refractivity contribution in [2.75, 3.05) is 26.9 Å². The number of unbranched alkanes of at least 4 members (excludes halogenated alkanes) is 3. The van der Waals surface area contributed by atoms with Crippen molar-refractivity contribution >= 4 is 34.6 Å². The monoisotopic (exact) mass is 550 g/mol. The second kappa shape index (κ2) is 15.2. The van der Waals surface area contributed by atoms with Gasteiger partial charge in [-0.25, -0.2) is 0 Å². The summed E-state index contributed by atoms with van der Waals surface area (Å²) in [5.41, 5.74) is -0.424. The van der Waals surface area contributed by atoms with Gasteiger partial charge in [0.15, 0.2) is 0 Å². The molecule has 4 nitrogen and oxygen atoms in total. The van der Waals surface area contributed by atoms with Crippen molar-refractivity contribution in [1.82, 2.24) is 0 Å². The fourth-order valence-electron chi connectivity index (χ4n) is 4.37. The summed E-state index contributed by atoms with van der Waals surface area (Å²) in [4.78, 5) is 4.11. The molecule has 0 bridgehead atoms. The molecule has 37 heavy (non-hydrogen) atoms. The molecule has 1 aliphatic rings. The Morgan fingerprint density at radius 1 is 0.811 bits per heavy atom. The molecule has 0 N–H and O–H groups in total. The van der Waals surface area contributed by atoms with Crippen LogP contribution in [0.2, 0.25) is 0 Å². The number of aryl methyl sites for hydroxylation is 1. The van der Waals surface area contributed by atoms with Gasteiger partial charge in [-0.15, -0.1) is 22.7 Å². The van der Waals surface area contributed by atoms with E-state index in [2.05, 4.69) is 65.8 Å². The van der Waals surface area contributed by atoms with Crippen molar-refractivity contribution in [3.05, 3.63) is 29.1 Å². The molecule has 1 saturated heterocycles. The van der Waals surface area contributed by atoms with Crippen LogP contribution < -0.4 is 4.78 Å². The maximum absolute atomic E-state index is 6.22. The molecule has 0 unspecified atom stereocenters. The molecule has 210 valence electrons. The lowest BCUT2D eigenvalue weighted by Crippen LogP contribution is -2.41. The zero-order valence-corrected chi connectivity index (χ0v) is 26.5. The first-order chi connectivity index (χ1) is 17.7. The van der Waals surface area contributed by atoms with Gasteiger partial charge in [-0.1, -0.05) is 46.6 Å². The predicted molar refractivity (Wildman–Crippen MR) is 163 cm³/mol. The van der Waals surface area contributed by atoms with Crippen molar-refractivity contribution in [3.8, 4) is 9.75 Å². The minimum atomic E-state index is -0.302. The van der Waals surface area contributed by atoms with Gasteiger partial charge in [0.2, 0.25) is 0 Å². The standard InChI is InChI=1S/C28H45BO4S2.C2H6/c1-8-28(9-2,20-30-7)21-31-19-13-11-10-12-14-22-15-16-23(34-22)24-17-18-25(35-24)29-32-26(3,4)27(5,6)33-29;1-2/h15-18H,8-14,19-21H2,1-7H3;1-2H3. The van der Waals surface area contributed by atoms with Gasteiger partial charge in [-0.2, -0.15) is 0 Å². The van der Waals surface area contributed by atoms with E-state index in [-0.39, 0.29) is 23.7 Å². The van der Waals surface area contributed by atoms with Gasteiger partial charge >= 0.3 is 7.12 Å². The van der Waals surface area contributed by atoms with Crippen LogP contribution in [0, 0.1) is 5.41 Å². The molecule has 0 amide bonds. The molecular formula is C30H51BO4S2. The normalized spacial score (nSPS) is 16.6. The van der Waals surface area contributed by atoms with Crippen molar-refractivity contribution in [1.29, 1.82) is 0 Å². The van der Waals surface area contributed by atoms with Crippen LogP contribution in [0.3, 0.4) is 0 Å². The van der Waals surface area contributed by atoms with Crippen LogP contribution in [-0.4, -0.2) is 45.3 Å². The molecule has 3 heterocycles. The van der Waals surface area contributed by atoms with Gasteiger partial charge in [0.05, 0.1) is 24.4 Å². The highest BCUT2D eigenvalue weighted by molar-refractivity contribution is 7.28. The third-order valence-electron chi connectivity index (χ3n) is 7.84. The average Bonchev–Trinajstić information content (AvgIpc) is 3.59. The largest absolute Gasteiger partial charge is 0.505 e. The number of hydrogen-bond acceptors (Lipinski definition) is 6. The quantitative estimate of drug-likeness (QED) is 0.165. The maximum Gasteiger partial charge on any atom is 0.505 e. The highest BCUT2D eigenvalue weighted by Gasteiger charge is 2.52. The molecule has 1 aliphatic heterocycles. The Bertz CT molecular complexity index is 885. The van der Waals surface area contributed by atoms with Gasteiger partial charge < -0.3 is 18.8 Å². The fourth-order valence-corrected chi connectivity index (χ4v) is 6.47. The average molecular weight is 551 g/mol. The van der Waals surface area contributed by atoms with E-state index in [9.17, 15) is 0 Å². The minimum Gasteiger partial charge on any atom is -0.399 e. The lowest BCUT2D eigenvalue weighted by Gasteiger charge is -2.32. The van der Waals surface area contributed by atoms with Crippen molar-refractivity contribution in [3.63, 3.8) is 0 Å². The van der Waals surface area contributed by atoms with E-state index >= 15 is 0 Å². The van der Waals surface area contributed by atoms with Crippen LogP contribution in [0.15, 0.2) is 24.3 Å². The van der Waals surface area contributed by atoms with Crippen LogP contribution in [0.5, 0.6) is 0 Å². The van der Waals surface area contributed by atoms with Gasteiger partial charge in [0, 0.05) is 38.5 Å². The van der Waals surface area contributed by atoms with Crippen LogP contribution in [0.1, 0.15) is 98.8 Å². The lowest BCUT2D eigenvalue weighted by molar-refractivity contribution is -0.0140. The smallest absolute Gasteiger partial charge is 0.399 e. The predicted octanol–water partition coefficient (Wildman–Crippen LogP) is 8.37. The van der Waals surface area contributed by atoms with E-state index in [1.54, 1.807) is 18.4 Å². The first-order valence-electron chi connectivity index (χ1n) is 14.3. The minimum absolute atomic E-state index is 0.180. The SMILES string of the molecule is CC.CCC(CC)(COC)COCCCCCCc1ccc(-c2ccc(B3OC(C)(C)C(C)(C)O3)s2)s1. The Balaban J connectivity index is 0.00000235. The number of methoxy groups -OCH3 is 1. The zero-order valence-electron chi connectivity index (χ0n) is 24.9. The van der Waals surface area contributed by atoms with Crippen molar-refractivity contribution in [2.45, 2.75) is 112 Å². The Labute approximate surface area is 235 Å². The van der Waals surface area contributed by atoms with E-state index in [0.717, 1.165) is 50.3 Å². The summed E-state index contributed by atoms with van der Waals surface area (Å²) in [5.74, 6) is 0. The van der Waals surface area contributed by atoms with Gasteiger partial charge in [0.1, 0.15) is 0 Å². The summed E-state index contributed by atoms with van der Waals surface area (Å²) in [7, 11) is 1.51. The number of thiophene rings is 2.